The zero-order valence-corrected chi connectivity index (χ0v) is 52.9. The van der Waals surface area contributed by atoms with Crippen molar-refractivity contribution in [1.82, 2.24) is 5.32 Å². The number of nitrogens with one attached hydrogen (secondary N) is 1. The van der Waals surface area contributed by atoms with Crippen molar-refractivity contribution in [2.24, 2.45) is 0 Å². The monoisotopic (exact) mass is 1100 g/mol. The van der Waals surface area contributed by atoms with Gasteiger partial charge in [0.2, 0.25) is 5.91 Å². The Morgan fingerprint density at radius 3 is 0.910 bits per heavy atom. The maximum Gasteiger partial charge on any atom is 0.305 e. The van der Waals surface area contributed by atoms with Crippen LogP contribution >= 0.6 is 0 Å². The molecule has 6 heteroatoms. The van der Waals surface area contributed by atoms with Crippen molar-refractivity contribution >= 4 is 11.9 Å². The van der Waals surface area contributed by atoms with Crippen LogP contribution in [0.5, 0.6) is 0 Å². The lowest BCUT2D eigenvalue weighted by Gasteiger charge is -2.20. The molecule has 0 radical (unpaired) electrons. The number of unbranched alkanes of at least 4 members (excludes halogenated alkanes) is 54. The molecule has 0 aliphatic heterocycles. The molecule has 78 heavy (non-hydrogen) atoms. The van der Waals surface area contributed by atoms with Gasteiger partial charge in [0, 0.05) is 12.8 Å². The number of aliphatic hydroxyl groups excluding tert-OH is 2. The number of hydrogen-bond donors (Lipinski definition) is 3. The van der Waals surface area contributed by atoms with Crippen LogP contribution in [0.3, 0.4) is 0 Å². The van der Waals surface area contributed by atoms with Gasteiger partial charge in [-0.2, -0.15) is 0 Å². The van der Waals surface area contributed by atoms with E-state index >= 15 is 0 Å². The Kier molecular flexibility index (Phi) is 66.4. The molecule has 0 fully saturated rings. The number of amides is 1. The third-order valence-electron chi connectivity index (χ3n) is 16.7. The van der Waals surface area contributed by atoms with Crippen molar-refractivity contribution in [3.63, 3.8) is 0 Å². The molecule has 462 valence electrons. The minimum absolute atomic E-state index is 0.0151. The van der Waals surface area contributed by atoms with E-state index in [-0.39, 0.29) is 18.5 Å². The smallest absolute Gasteiger partial charge is 0.305 e. The first kappa shape index (κ1) is 76.3. The predicted molar refractivity (Wildman–Crippen MR) is 343 cm³/mol. The van der Waals surface area contributed by atoms with Gasteiger partial charge in [0.05, 0.1) is 25.4 Å². The second kappa shape index (κ2) is 67.8. The summed E-state index contributed by atoms with van der Waals surface area (Å²) in [6.07, 6.45) is 85.5. The first-order valence-corrected chi connectivity index (χ1v) is 35.6. The topological polar surface area (TPSA) is 95.9 Å². The summed E-state index contributed by atoms with van der Waals surface area (Å²) in [7, 11) is 0. The Labute approximate surface area is 488 Å². The minimum atomic E-state index is -0.846. The SMILES string of the molecule is CCCCCCCCCCCCCCCCCCCCCCC/C=C/C(O)C(CO)NC(=O)CCCCCCCCCCCCC/C=C\CCCCCCCCCCCCCCOC(=O)CCCCCCCCCCCCC. The summed E-state index contributed by atoms with van der Waals surface area (Å²) >= 11 is 0. The molecular formula is C72H139NO5. The summed E-state index contributed by atoms with van der Waals surface area (Å²) in [6, 6.07) is -0.629. The average molecular weight is 1100 g/mol. The van der Waals surface area contributed by atoms with Gasteiger partial charge in [-0.15, -0.1) is 0 Å². The van der Waals surface area contributed by atoms with E-state index in [0.717, 1.165) is 38.5 Å². The number of allylic oxidation sites excluding steroid dienone is 3. The number of carbonyl (C=O) groups is 2. The van der Waals surface area contributed by atoms with Crippen molar-refractivity contribution in [2.45, 2.75) is 411 Å². The molecule has 0 saturated heterocycles. The van der Waals surface area contributed by atoms with Crippen LogP contribution in [0.25, 0.3) is 0 Å². The Morgan fingerprint density at radius 1 is 0.346 bits per heavy atom. The van der Waals surface area contributed by atoms with Crippen molar-refractivity contribution < 1.29 is 24.5 Å². The molecule has 0 spiro atoms. The second-order valence-corrected chi connectivity index (χ2v) is 24.6. The van der Waals surface area contributed by atoms with E-state index in [1.807, 2.05) is 6.08 Å². The summed E-state index contributed by atoms with van der Waals surface area (Å²) in [4.78, 5) is 24.5. The molecule has 0 aliphatic rings. The maximum atomic E-state index is 12.5. The molecule has 2 atom stereocenters. The van der Waals surface area contributed by atoms with Gasteiger partial charge in [0.1, 0.15) is 0 Å². The van der Waals surface area contributed by atoms with Gasteiger partial charge in [-0.1, -0.05) is 353 Å². The predicted octanol–water partition coefficient (Wildman–Crippen LogP) is 22.9. The van der Waals surface area contributed by atoms with Gasteiger partial charge in [-0.25, -0.2) is 0 Å². The van der Waals surface area contributed by atoms with Crippen LogP contribution in [0, 0.1) is 0 Å². The molecule has 6 nitrogen and oxygen atoms in total. The molecular weight excluding hydrogens is 959 g/mol. The van der Waals surface area contributed by atoms with Crippen molar-refractivity contribution in [3.05, 3.63) is 24.3 Å². The Bertz CT molecular complexity index is 1220. The first-order chi connectivity index (χ1) is 38.5. The Morgan fingerprint density at radius 2 is 0.603 bits per heavy atom. The normalized spacial score (nSPS) is 12.6. The number of aliphatic hydroxyl groups is 2. The highest BCUT2D eigenvalue weighted by atomic mass is 16.5. The van der Waals surface area contributed by atoms with Crippen LogP contribution in [-0.4, -0.2) is 47.4 Å². The van der Waals surface area contributed by atoms with Crippen LogP contribution in [0.2, 0.25) is 0 Å². The van der Waals surface area contributed by atoms with Gasteiger partial charge in [-0.3, -0.25) is 9.59 Å². The van der Waals surface area contributed by atoms with Crippen LogP contribution < -0.4 is 5.32 Å². The van der Waals surface area contributed by atoms with Crippen LogP contribution in [0.1, 0.15) is 399 Å². The van der Waals surface area contributed by atoms with E-state index in [0.29, 0.717) is 19.4 Å². The van der Waals surface area contributed by atoms with E-state index in [9.17, 15) is 19.8 Å². The zero-order valence-electron chi connectivity index (χ0n) is 52.9. The molecule has 0 bridgehead atoms. The second-order valence-electron chi connectivity index (χ2n) is 24.6. The van der Waals surface area contributed by atoms with Crippen molar-refractivity contribution in [1.29, 1.82) is 0 Å². The highest BCUT2D eigenvalue weighted by molar-refractivity contribution is 5.76. The highest BCUT2D eigenvalue weighted by Gasteiger charge is 2.18. The van der Waals surface area contributed by atoms with Crippen LogP contribution in [0.15, 0.2) is 24.3 Å². The number of carbonyl (C=O) groups excluding carboxylic acids is 2. The molecule has 2 unspecified atom stereocenters. The molecule has 0 saturated carbocycles. The summed E-state index contributed by atoms with van der Waals surface area (Å²) in [5, 5.41) is 23.3. The lowest BCUT2D eigenvalue weighted by Crippen LogP contribution is -2.45. The number of ether oxygens (including phenoxy) is 1. The van der Waals surface area contributed by atoms with E-state index in [1.165, 1.54) is 334 Å². The molecule has 0 rings (SSSR count). The summed E-state index contributed by atoms with van der Waals surface area (Å²) in [6.45, 7) is 4.94. The molecule has 0 aromatic rings. The Balaban J connectivity index is 3.41. The van der Waals surface area contributed by atoms with Crippen LogP contribution in [-0.2, 0) is 14.3 Å². The zero-order chi connectivity index (χ0) is 56.4. The quantitative estimate of drug-likeness (QED) is 0.0320. The molecule has 0 aromatic heterocycles. The van der Waals surface area contributed by atoms with Gasteiger partial charge >= 0.3 is 5.97 Å². The lowest BCUT2D eigenvalue weighted by atomic mass is 10.0. The standard InChI is InChI=1S/C72H139NO5/c1-3-5-7-9-11-13-15-16-17-18-19-20-26-29-32-35-38-41-45-48-52-56-60-64-70(75)69(68-74)73-71(76)65-61-57-53-49-46-42-39-36-33-30-27-24-22-21-23-25-28-31-34-37-40-43-47-51-55-59-63-67-78-72(77)66-62-58-54-50-44-14-12-10-8-6-4-2/h21-22,60,64,69-70,74-75H,3-20,23-59,61-63,65-68H2,1-2H3,(H,73,76)/b22-21-,64-60+. The fourth-order valence-electron chi connectivity index (χ4n) is 11.3. The van der Waals surface area contributed by atoms with Gasteiger partial charge in [0.25, 0.3) is 0 Å². The van der Waals surface area contributed by atoms with Gasteiger partial charge in [0.15, 0.2) is 0 Å². The third kappa shape index (κ3) is 63.5. The van der Waals surface area contributed by atoms with Gasteiger partial charge in [-0.05, 0) is 57.8 Å². The average Bonchev–Trinajstić information content (AvgIpc) is 3.44. The van der Waals surface area contributed by atoms with Crippen LogP contribution in [0.4, 0.5) is 0 Å². The number of rotatable bonds is 67. The molecule has 0 heterocycles. The highest BCUT2D eigenvalue weighted by Crippen LogP contribution is 2.19. The third-order valence-corrected chi connectivity index (χ3v) is 16.7. The fourth-order valence-corrected chi connectivity index (χ4v) is 11.3. The minimum Gasteiger partial charge on any atom is -0.466 e. The van der Waals surface area contributed by atoms with Gasteiger partial charge < -0.3 is 20.3 Å². The summed E-state index contributed by atoms with van der Waals surface area (Å²) in [5.41, 5.74) is 0. The van der Waals surface area contributed by atoms with Crippen molar-refractivity contribution in [3.8, 4) is 0 Å². The number of esters is 1. The first-order valence-electron chi connectivity index (χ1n) is 35.6. The molecule has 1 amide bonds. The summed E-state index contributed by atoms with van der Waals surface area (Å²) < 4.78 is 5.47. The maximum absolute atomic E-state index is 12.5. The largest absolute Gasteiger partial charge is 0.466 e. The molecule has 0 aromatic carbocycles. The Hall–Kier alpha value is -1.66. The fraction of sp³-hybridized carbons (Fsp3) is 0.917. The van der Waals surface area contributed by atoms with E-state index in [2.05, 4.69) is 31.3 Å². The lowest BCUT2D eigenvalue weighted by molar-refractivity contribution is -0.143. The summed E-state index contributed by atoms with van der Waals surface area (Å²) in [5.74, 6) is -0.0493. The number of hydrogen-bond acceptors (Lipinski definition) is 5. The van der Waals surface area contributed by atoms with E-state index in [4.69, 9.17) is 4.74 Å². The van der Waals surface area contributed by atoms with E-state index in [1.54, 1.807) is 6.08 Å². The van der Waals surface area contributed by atoms with Crippen molar-refractivity contribution in [2.75, 3.05) is 13.2 Å². The van der Waals surface area contributed by atoms with E-state index < -0.39 is 12.1 Å². The molecule has 0 aliphatic carbocycles. The molecule has 3 N–H and O–H groups in total.